The first-order valence-electron chi connectivity index (χ1n) is 23.3. The highest BCUT2D eigenvalue weighted by atomic mass is 15.1. The molecule has 0 amide bonds. The first-order valence-corrected chi connectivity index (χ1v) is 23.3. The van der Waals surface area contributed by atoms with Gasteiger partial charge in [-0.05, 0) is 113 Å². The highest BCUT2D eigenvalue weighted by Crippen LogP contribution is 2.60. The molecule has 11 aromatic rings. The van der Waals surface area contributed by atoms with E-state index in [1.165, 1.54) is 88.7 Å². The van der Waals surface area contributed by atoms with Crippen LogP contribution in [0.4, 0.5) is 17.1 Å². The van der Waals surface area contributed by atoms with Crippen LogP contribution in [0.2, 0.25) is 0 Å². The standard InChI is InChI=1S/C66H45N/c1-4-22-48(23-5-1)65(59-33-15-12-29-56(59)57-30-13-16-34-60(57)65)51-40-44-53(45-41-51)67(52-42-38-47(39-43-52)55-32-18-21-46-20-10-11-28-54(46)55)63-37-19-36-62-64(63)58-31-14-17-35-61(58)66(62,49-24-6-2-7-25-49)50-26-8-3-9-27-50/h1-45H. The molecular weight excluding hydrogens is 807 g/mol. The van der Waals surface area contributed by atoms with E-state index in [4.69, 9.17) is 0 Å². The van der Waals surface area contributed by atoms with Crippen LogP contribution in [0, 0.1) is 0 Å². The topological polar surface area (TPSA) is 3.24 Å². The quantitative estimate of drug-likeness (QED) is 0.147. The largest absolute Gasteiger partial charge is 0.310 e. The van der Waals surface area contributed by atoms with Gasteiger partial charge in [-0.2, -0.15) is 0 Å². The van der Waals surface area contributed by atoms with Crippen LogP contribution < -0.4 is 4.90 Å². The van der Waals surface area contributed by atoms with Gasteiger partial charge in [0.15, 0.2) is 0 Å². The highest BCUT2D eigenvalue weighted by Gasteiger charge is 2.48. The van der Waals surface area contributed by atoms with Crippen LogP contribution in [0.1, 0.15) is 44.5 Å². The van der Waals surface area contributed by atoms with Gasteiger partial charge in [0, 0.05) is 16.9 Å². The van der Waals surface area contributed by atoms with Crippen LogP contribution in [0.5, 0.6) is 0 Å². The molecule has 0 saturated heterocycles. The van der Waals surface area contributed by atoms with Gasteiger partial charge in [-0.25, -0.2) is 0 Å². The third-order valence-corrected chi connectivity index (χ3v) is 14.6. The molecule has 0 bridgehead atoms. The normalized spacial score (nSPS) is 13.6. The average Bonchev–Trinajstić information content (AvgIpc) is 3.89. The third-order valence-electron chi connectivity index (χ3n) is 14.6. The van der Waals surface area contributed by atoms with Crippen molar-refractivity contribution in [3.63, 3.8) is 0 Å². The van der Waals surface area contributed by atoms with E-state index >= 15 is 0 Å². The molecule has 0 unspecified atom stereocenters. The molecule has 0 heterocycles. The molecule has 0 N–H and O–H groups in total. The lowest BCUT2D eigenvalue weighted by Gasteiger charge is -2.35. The van der Waals surface area contributed by atoms with Gasteiger partial charge in [0.25, 0.3) is 0 Å². The van der Waals surface area contributed by atoms with Gasteiger partial charge < -0.3 is 4.90 Å². The van der Waals surface area contributed by atoms with Crippen molar-refractivity contribution in [3.05, 3.63) is 317 Å². The van der Waals surface area contributed by atoms with Crippen molar-refractivity contribution in [3.8, 4) is 33.4 Å². The second-order valence-electron chi connectivity index (χ2n) is 17.9. The number of benzene rings is 11. The van der Waals surface area contributed by atoms with Crippen molar-refractivity contribution < 1.29 is 0 Å². The smallest absolute Gasteiger partial charge is 0.0714 e. The molecule has 0 atom stereocenters. The summed E-state index contributed by atoms with van der Waals surface area (Å²) in [6.07, 6.45) is 0. The molecule has 0 saturated carbocycles. The van der Waals surface area contributed by atoms with Crippen LogP contribution in [-0.2, 0) is 10.8 Å². The van der Waals surface area contributed by atoms with Gasteiger partial charge in [-0.1, -0.05) is 243 Å². The fourth-order valence-electron chi connectivity index (χ4n) is 11.9. The third kappa shape index (κ3) is 5.75. The van der Waals surface area contributed by atoms with E-state index < -0.39 is 10.8 Å². The van der Waals surface area contributed by atoms with Gasteiger partial charge in [0.1, 0.15) is 0 Å². The number of anilines is 3. The summed E-state index contributed by atoms with van der Waals surface area (Å²) in [4.78, 5) is 2.49. The molecule has 1 heteroatoms. The SMILES string of the molecule is c1ccc(C2(c3ccc(N(c4ccc(-c5cccc6ccccc56)cc4)c4cccc5c4-c4ccccc4C5(c4ccccc4)c4ccccc4)cc3)c3ccccc3-c3ccccc32)cc1. The molecule has 2 aliphatic rings. The lowest BCUT2D eigenvalue weighted by atomic mass is 9.67. The molecular formula is C66H45N. The van der Waals surface area contributed by atoms with Crippen LogP contribution in [-0.4, -0.2) is 0 Å². The van der Waals surface area contributed by atoms with Crippen LogP contribution in [0.3, 0.4) is 0 Å². The van der Waals surface area contributed by atoms with Crippen molar-refractivity contribution in [2.45, 2.75) is 10.8 Å². The summed E-state index contributed by atoms with van der Waals surface area (Å²) in [5, 5.41) is 2.49. The Balaban J connectivity index is 1.05. The maximum atomic E-state index is 2.49. The molecule has 0 spiro atoms. The first-order chi connectivity index (χ1) is 33.3. The second-order valence-corrected chi connectivity index (χ2v) is 17.9. The van der Waals surface area contributed by atoms with E-state index in [1.54, 1.807) is 0 Å². The average molecular weight is 852 g/mol. The van der Waals surface area contributed by atoms with E-state index in [0.717, 1.165) is 17.1 Å². The molecule has 0 aliphatic heterocycles. The molecule has 13 rings (SSSR count). The zero-order valence-electron chi connectivity index (χ0n) is 36.9. The van der Waals surface area contributed by atoms with Crippen LogP contribution in [0.15, 0.2) is 273 Å². The van der Waals surface area contributed by atoms with Crippen LogP contribution in [0.25, 0.3) is 44.2 Å². The minimum absolute atomic E-state index is 0.490. The van der Waals surface area contributed by atoms with E-state index in [-0.39, 0.29) is 0 Å². The van der Waals surface area contributed by atoms with Crippen molar-refractivity contribution >= 4 is 27.8 Å². The van der Waals surface area contributed by atoms with Gasteiger partial charge in [-0.15, -0.1) is 0 Å². The summed E-state index contributed by atoms with van der Waals surface area (Å²) >= 11 is 0. The Bertz CT molecular complexity index is 3520. The Hall–Kier alpha value is -8.52. The van der Waals surface area contributed by atoms with Gasteiger partial charge in [0.05, 0.1) is 16.5 Å². The van der Waals surface area contributed by atoms with Crippen molar-refractivity contribution in [1.82, 2.24) is 0 Å². The summed E-state index contributed by atoms with van der Waals surface area (Å²) in [5.41, 5.74) is 20.0. The fourth-order valence-corrected chi connectivity index (χ4v) is 11.9. The Morgan fingerprint density at radius 3 is 1.22 bits per heavy atom. The molecule has 0 radical (unpaired) electrons. The van der Waals surface area contributed by atoms with Crippen LogP contribution >= 0.6 is 0 Å². The molecule has 1 nitrogen and oxygen atoms in total. The summed E-state index contributed by atoms with van der Waals surface area (Å²) in [5.74, 6) is 0. The van der Waals surface area contributed by atoms with E-state index in [2.05, 4.69) is 278 Å². The molecule has 11 aromatic carbocycles. The summed E-state index contributed by atoms with van der Waals surface area (Å²) < 4.78 is 0. The van der Waals surface area contributed by atoms with Gasteiger partial charge >= 0.3 is 0 Å². The number of hydrogen-bond donors (Lipinski definition) is 0. The van der Waals surface area contributed by atoms with Gasteiger partial charge in [0.2, 0.25) is 0 Å². The zero-order valence-corrected chi connectivity index (χ0v) is 36.9. The monoisotopic (exact) mass is 851 g/mol. The predicted octanol–water partition coefficient (Wildman–Crippen LogP) is 16.7. The number of fused-ring (bicyclic) bond motifs is 7. The lowest BCUT2D eigenvalue weighted by molar-refractivity contribution is 0.768. The lowest BCUT2D eigenvalue weighted by Crippen LogP contribution is -2.28. The second kappa shape index (κ2) is 15.6. The summed E-state index contributed by atoms with van der Waals surface area (Å²) in [6, 6.07) is 101. The molecule has 0 aromatic heterocycles. The Morgan fingerprint density at radius 1 is 0.254 bits per heavy atom. The number of nitrogens with zero attached hydrogens (tertiary/aromatic N) is 1. The number of hydrogen-bond acceptors (Lipinski definition) is 1. The minimum atomic E-state index is -0.524. The maximum absolute atomic E-state index is 2.49. The minimum Gasteiger partial charge on any atom is -0.310 e. The predicted molar refractivity (Wildman–Crippen MR) is 279 cm³/mol. The molecule has 314 valence electrons. The molecule has 67 heavy (non-hydrogen) atoms. The zero-order chi connectivity index (χ0) is 44.4. The summed E-state index contributed by atoms with van der Waals surface area (Å²) in [7, 11) is 0. The molecule has 0 fully saturated rings. The van der Waals surface area contributed by atoms with Crippen molar-refractivity contribution in [2.24, 2.45) is 0 Å². The van der Waals surface area contributed by atoms with E-state index in [0.29, 0.717) is 0 Å². The van der Waals surface area contributed by atoms with E-state index in [9.17, 15) is 0 Å². The van der Waals surface area contributed by atoms with Gasteiger partial charge in [-0.3, -0.25) is 0 Å². The maximum Gasteiger partial charge on any atom is 0.0714 e. The fraction of sp³-hybridized carbons (Fsp3) is 0.0303. The Kier molecular flexibility index (Phi) is 9.05. The summed E-state index contributed by atoms with van der Waals surface area (Å²) in [6.45, 7) is 0. The van der Waals surface area contributed by atoms with Crippen molar-refractivity contribution in [1.29, 1.82) is 0 Å². The van der Waals surface area contributed by atoms with E-state index in [1.807, 2.05) is 0 Å². The van der Waals surface area contributed by atoms with Crippen molar-refractivity contribution in [2.75, 3.05) is 4.90 Å². The Labute approximate surface area is 392 Å². The first kappa shape index (κ1) is 38.9. The Morgan fingerprint density at radius 2 is 0.642 bits per heavy atom. The highest BCUT2D eigenvalue weighted by molar-refractivity contribution is 5.99. The molecule has 2 aliphatic carbocycles. The number of rotatable bonds is 8.